The summed E-state index contributed by atoms with van der Waals surface area (Å²) < 4.78 is 31.9. The Hall–Kier alpha value is -3.27. The second-order valence-corrected chi connectivity index (χ2v) is 7.13. The monoisotopic (exact) mass is 414 g/mol. The molecule has 2 aromatic heterocycles. The van der Waals surface area contributed by atoms with Gasteiger partial charge < -0.3 is 4.74 Å². The minimum atomic E-state index is -0.913. The molecule has 1 atom stereocenters. The molecule has 156 valence electrons. The molecule has 0 saturated carbocycles. The highest BCUT2D eigenvalue weighted by Gasteiger charge is 2.32. The first kappa shape index (κ1) is 20.0. The number of carbonyl (C=O) groups is 1. The maximum Gasteiger partial charge on any atom is 0.251 e. The van der Waals surface area contributed by atoms with Crippen molar-refractivity contribution in [3.63, 3.8) is 0 Å². The Morgan fingerprint density at radius 1 is 1.23 bits per heavy atom. The van der Waals surface area contributed by atoms with Gasteiger partial charge in [0.1, 0.15) is 0 Å². The third-order valence-electron chi connectivity index (χ3n) is 5.10. The van der Waals surface area contributed by atoms with Gasteiger partial charge in [0.05, 0.1) is 19.0 Å². The minimum absolute atomic E-state index is 0.137. The fourth-order valence-corrected chi connectivity index (χ4v) is 3.61. The van der Waals surface area contributed by atoms with Crippen LogP contribution < -0.4 is 4.90 Å². The van der Waals surface area contributed by atoms with Crippen LogP contribution in [0.1, 0.15) is 24.0 Å². The van der Waals surface area contributed by atoms with Gasteiger partial charge in [-0.1, -0.05) is 6.07 Å². The average molecular weight is 414 g/mol. The molecular weight excluding hydrogens is 394 g/mol. The summed E-state index contributed by atoms with van der Waals surface area (Å²) in [4.78, 5) is 19.0. The standard InChI is InChI=1S/C20H20F2N6O2/c1-30-11-14-9-23-24-10-15(14)18-25-20(27-26-18)28-6-2-3-13(19(28)29)7-12-4-5-16(21)17(22)8-12/h4-5,8-10,13H,2-3,6-7,11H2,1H3,(H,25,26,27). The first-order valence-corrected chi connectivity index (χ1v) is 9.53. The average Bonchev–Trinajstić information content (AvgIpc) is 3.23. The van der Waals surface area contributed by atoms with Crippen LogP contribution in [0.4, 0.5) is 14.7 Å². The Kier molecular flexibility index (Phi) is 5.75. The number of H-pyrrole nitrogens is 1. The quantitative estimate of drug-likeness (QED) is 0.666. The number of methoxy groups -OCH3 is 1. The smallest absolute Gasteiger partial charge is 0.251 e. The predicted octanol–water partition coefficient (Wildman–Crippen LogP) is 2.67. The van der Waals surface area contributed by atoms with Crippen molar-refractivity contribution in [3.8, 4) is 11.4 Å². The Balaban J connectivity index is 1.53. The van der Waals surface area contributed by atoms with Gasteiger partial charge in [0.15, 0.2) is 17.5 Å². The number of carbonyl (C=O) groups excluding carboxylic acids is 1. The first-order valence-electron chi connectivity index (χ1n) is 9.53. The van der Waals surface area contributed by atoms with Crippen molar-refractivity contribution < 1.29 is 18.3 Å². The van der Waals surface area contributed by atoms with Crippen LogP contribution in [0.25, 0.3) is 11.4 Å². The highest BCUT2D eigenvalue weighted by Crippen LogP contribution is 2.27. The zero-order valence-electron chi connectivity index (χ0n) is 16.3. The van der Waals surface area contributed by atoms with Crippen LogP contribution in [0.5, 0.6) is 0 Å². The molecule has 1 aliphatic rings. The third-order valence-corrected chi connectivity index (χ3v) is 5.10. The Morgan fingerprint density at radius 2 is 2.07 bits per heavy atom. The number of ether oxygens (including phenoxy) is 1. The van der Waals surface area contributed by atoms with E-state index < -0.39 is 11.6 Å². The van der Waals surface area contributed by atoms with Gasteiger partial charge in [-0.15, -0.1) is 5.10 Å². The Labute approximate surface area is 171 Å². The van der Waals surface area contributed by atoms with E-state index in [0.29, 0.717) is 42.9 Å². The van der Waals surface area contributed by atoms with Crippen molar-refractivity contribution in [2.24, 2.45) is 5.92 Å². The number of amides is 1. The van der Waals surface area contributed by atoms with Gasteiger partial charge in [-0.05, 0) is 37.0 Å². The topological polar surface area (TPSA) is 96.9 Å². The molecule has 1 aromatic carbocycles. The summed E-state index contributed by atoms with van der Waals surface area (Å²) in [5, 5.41) is 14.8. The van der Waals surface area contributed by atoms with Crippen LogP contribution in [0.2, 0.25) is 0 Å². The van der Waals surface area contributed by atoms with Crippen molar-refractivity contribution in [1.82, 2.24) is 25.4 Å². The van der Waals surface area contributed by atoms with Crippen molar-refractivity contribution in [2.45, 2.75) is 25.9 Å². The predicted molar refractivity (Wildman–Crippen MR) is 103 cm³/mol. The summed E-state index contributed by atoms with van der Waals surface area (Å²) in [6, 6.07) is 3.72. The summed E-state index contributed by atoms with van der Waals surface area (Å²) in [5.41, 5.74) is 2.06. The first-order chi connectivity index (χ1) is 14.6. The summed E-state index contributed by atoms with van der Waals surface area (Å²) in [5.74, 6) is -1.57. The number of benzene rings is 1. The second kappa shape index (κ2) is 8.62. The van der Waals surface area contributed by atoms with Gasteiger partial charge in [-0.3, -0.25) is 14.8 Å². The van der Waals surface area contributed by atoms with E-state index in [0.717, 1.165) is 24.1 Å². The molecule has 30 heavy (non-hydrogen) atoms. The largest absolute Gasteiger partial charge is 0.380 e. The zero-order valence-corrected chi connectivity index (χ0v) is 16.3. The second-order valence-electron chi connectivity index (χ2n) is 7.13. The molecule has 10 heteroatoms. The summed E-state index contributed by atoms with van der Waals surface area (Å²) in [6.45, 7) is 0.823. The maximum absolute atomic E-state index is 13.5. The van der Waals surface area contributed by atoms with E-state index in [4.69, 9.17) is 4.74 Å². The fourth-order valence-electron chi connectivity index (χ4n) is 3.61. The molecule has 8 nitrogen and oxygen atoms in total. The molecule has 0 bridgehead atoms. The highest BCUT2D eigenvalue weighted by atomic mass is 19.2. The molecule has 3 aromatic rings. The van der Waals surface area contributed by atoms with E-state index in [-0.39, 0.29) is 17.8 Å². The molecule has 3 heterocycles. The van der Waals surface area contributed by atoms with Crippen molar-refractivity contribution in [1.29, 1.82) is 0 Å². The Bertz CT molecular complexity index is 1060. The van der Waals surface area contributed by atoms with Crippen molar-refractivity contribution in [3.05, 3.63) is 53.4 Å². The number of anilines is 1. The van der Waals surface area contributed by atoms with Crippen LogP contribution in [0.3, 0.4) is 0 Å². The molecule has 1 aliphatic heterocycles. The molecule has 1 N–H and O–H groups in total. The van der Waals surface area contributed by atoms with Crippen molar-refractivity contribution >= 4 is 11.9 Å². The fraction of sp³-hybridized carbons (Fsp3) is 0.350. The molecule has 0 spiro atoms. The van der Waals surface area contributed by atoms with Crippen LogP contribution in [-0.4, -0.2) is 44.9 Å². The Morgan fingerprint density at radius 3 is 2.87 bits per heavy atom. The normalized spacial score (nSPS) is 16.8. The number of nitrogens with zero attached hydrogens (tertiary/aromatic N) is 5. The van der Waals surface area contributed by atoms with Gasteiger partial charge in [-0.2, -0.15) is 15.2 Å². The van der Waals surface area contributed by atoms with E-state index in [9.17, 15) is 13.6 Å². The molecule has 1 fully saturated rings. The van der Waals surface area contributed by atoms with E-state index in [1.165, 1.54) is 11.0 Å². The number of aromatic nitrogens is 5. The summed E-state index contributed by atoms with van der Waals surface area (Å²) in [7, 11) is 1.58. The number of halogens is 2. The maximum atomic E-state index is 13.5. The van der Waals surface area contributed by atoms with E-state index in [2.05, 4.69) is 25.4 Å². The van der Waals surface area contributed by atoms with E-state index in [1.54, 1.807) is 19.5 Å². The third kappa shape index (κ3) is 4.04. The van der Waals surface area contributed by atoms with Gasteiger partial charge >= 0.3 is 0 Å². The van der Waals surface area contributed by atoms with E-state index >= 15 is 0 Å². The highest BCUT2D eigenvalue weighted by molar-refractivity contribution is 5.94. The number of piperidine rings is 1. The molecule has 1 amide bonds. The lowest BCUT2D eigenvalue weighted by molar-refractivity contribution is -0.123. The van der Waals surface area contributed by atoms with Gasteiger partial charge in [0.25, 0.3) is 5.95 Å². The minimum Gasteiger partial charge on any atom is -0.380 e. The number of hydrogen-bond acceptors (Lipinski definition) is 6. The van der Waals surface area contributed by atoms with Gasteiger partial charge in [0, 0.05) is 30.7 Å². The van der Waals surface area contributed by atoms with Crippen LogP contribution in [0.15, 0.2) is 30.6 Å². The zero-order chi connectivity index (χ0) is 21.1. The van der Waals surface area contributed by atoms with Crippen molar-refractivity contribution in [2.75, 3.05) is 18.6 Å². The summed E-state index contributed by atoms with van der Waals surface area (Å²) in [6.07, 6.45) is 4.90. The van der Waals surface area contributed by atoms with Gasteiger partial charge in [0.2, 0.25) is 5.91 Å². The summed E-state index contributed by atoms with van der Waals surface area (Å²) >= 11 is 0. The molecule has 0 radical (unpaired) electrons. The number of hydrogen-bond donors (Lipinski definition) is 1. The lowest BCUT2D eigenvalue weighted by Gasteiger charge is -2.30. The number of aromatic amines is 1. The van der Waals surface area contributed by atoms with Gasteiger partial charge in [-0.25, -0.2) is 8.78 Å². The number of rotatable bonds is 6. The molecule has 4 rings (SSSR count). The van der Waals surface area contributed by atoms with Crippen LogP contribution in [-0.2, 0) is 22.6 Å². The lowest BCUT2D eigenvalue weighted by Crippen LogP contribution is -2.42. The number of nitrogens with one attached hydrogen (secondary N) is 1. The molecule has 0 aliphatic carbocycles. The molecular formula is C20H20F2N6O2. The van der Waals surface area contributed by atoms with E-state index in [1.807, 2.05) is 0 Å². The SMILES string of the molecule is COCc1cnncc1-c1nc(N2CCCC(Cc3ccc(F)c(F)c3)C2=O)n[nH]1. The molecule has 1 unspecified atom stereocenters. The lowest BCUT2D eigenvalue weighted by atomic mass is 9.90. The van der Waals surface area contributed by atoms with Crippen LogP contribution >= 0.6 is 0 Å². The molecule has 1 saturated heterocycles. The van der Waals surface area contributed by atoms with Crippen LogP contribution in [0, 0.1) is 17.6 Å².